The van der Waals surface area contributed by atoms with Gasteiger partial charge in [0.05, 0.1) is 5.75 Å². The largest absolute Gasteiger partial charge is 0.332 e. The van der Waals surface area contributed by atoms with Crippen molar-refractivity contribution >= 4 is 40.9 Å². The van der Waals surface area contributed by atoms with Gasteiger partial charge in [0.2, 0.25) is 11.8 Å². The second kappa shape index (κ2) is 8.58. The van der Waals surface area contributed by atoms with Crippen LogP contribution in [0.25, 0.3) is 0 Å². The Bertz CT molecular complexity index is 801. The summed E-state index contributed by atoms with van der Waals surface area (Å²) < 4.78 is 0. The van der Waals surface area contributed by atoms with Crippen molar-refractivity contribution in [3.63, 3.8) is 0 Å². The normalized spacial score (nSPS) is 19.7. The maximum Gasteiger partial charge on any atom is 0.234 e. The molecule has 3 N–H and O–H groups in total. The zero-order valence-corrected chi connectivity index (χ0v) is 15.9. The predicted octanol–water partition coefficient (Wildman–Crippen LogP) is 3.45. The summed E-state index contributed by atoms with van der Waals surface area (Å²) in [6.07, 6.45) is 0.384. The summed E-state index contributed by atoms with van der Waals surface area (Å²) in [6.45, 7) is 1.86. The van der Waals surface area contributed by atoms with Gasteiger partial charge in [0, 0.05) is 23.2 Å². The van der Waals surface area contributed by atoms with E-state index < -0.39 is 0 Å². The minimum atomic E-state index is -0.312. The number of amides is 2. The van der Waals surface area contributed by atoms with Crippen LogP contribution < -0.4 is 16.0 Å². The molecule has 1 aliphatic rings. The smallest absolute Gasteiger partial charge is 0.234 e. The van der Waals surface area contributed by atoms with Crippen LogP contribution in [-0.4, -0.2) is 23.1 Å². The molecule has 7 heteroatoms. The lowest BCUT2D eigenvalue weighted by Crippen LogP contribution is -2.51. The lowest BCUT2D eigenvalue weighted by Gasteiger charge is -2.31. The van der Waals surface area contributed by atoms with Crippen molar-refractivity contribution in [2.45, 2.75) is 24.9 Å². The van der Waals surface area contributed by atoms with Crippen molar-refractivity contribution in [3.8, 4) is 0 Å². The van der Waals surface area contributed by atoms with Crippen LogP contribution in [0.4, 0.5) is 5.69 Å². The van der Waals surface area contributed by atoms with E-state index >= 15 is 0 Å². The van der Waals surface area contributed by atoms with E-state index in [1.807, 2.05) is 43.3 Å². The number of hydrogen-bond acceptors (Lipinski definition) is 4. The molecule has 5 nitrogen and oxygen atoms in total. The number of rotatable bonds is 5. The number of benzene rings is 2. The van der Waals surface area contributed by atoms with Gasteiger partial charge in [-0.2, -0.15) is 0 Å². The summed E-state index contributed by atoms with van der Waals surface area (Å²) in [7, 11) is 0. The molecule has 0 bridgehead atoms. The average Bonchev–Trinajstić information content (AvgIpc) is 2.64. The Morgan fingerprint density at radius 2 is 2.00 bits per heavy atom. The fourth-order valence-corrected chi connectivity index (χ4v) is 3.79. The Morgan fingerprint density at radius 1 is 1.23 bits per heavy atom. The van der Waals surface area contributed by atoms with Crippen LogP contribution in [0.2, 0.25) is 5.02 Å². The quantitative estimate of drug-likeness (QED) is 0.732. The van der Waals surface area contributed by atoms with E-state index in [9.17, 15) is 9.59 Å². The molecule has 2 amide bonds. The summed E-state index contributed by atoms with van der Waals surface area (Å²) >= 11 is 7.42. The van der Waals surface area contributed by atoms with Crippen molar-refractivity contribution in [3.05, 3.63) is 64.7 Å². The fraction of sp³-hybridized carbons (Fsp3) is 0.263. The summed E-state index contributed by atoms with van der Waals surface area (Å²) in [5.74, 6) is 0.0465. The van der Waals surface area contributed by atoms with Gasteiger partial charge in [0.1, 0.15) is 5.50 Å². The molecular weight excluding hydrogens is 370 g/mol. The van der Waals surface area contributed by atoms with E-state index in [0.29, 0.717) is 17.1 Å². The highest BCUT2D eigenvalue weighted by molar-refractivity contribution is 8.00. The van der Waals surface area contributed by atoms with Crippen LogP contribution in [-0.2, 0) is 9.59 Å². The van der Waals surface area contributed by atoms with E-state index in [4.69, 9.17) is 11.6 Å². The molecule has 0 aliphatic carbocycles. The van der Waals surface area contributed by atoms with Gasteiger partial charge in [-0.25, -0.2) is 0 Å². The van der Waals surface area contributed by atoms with Crippen LogP contribution in [0.3, 0.4) is 0 Å². The molecule has 1 fully saturated rings. The molecule has 0 radical (unpaired) electrons. The Morgan fingerprint density at radius 3 is 2.77 bits per heavy atom. The molecule has 0 spiro atoms. The van der Waals surface area contributed by atoms with Gasteiger partial charge in [-0.3, -0.25) is 14.9 Å². The lowest BCUT2D eigenvalue weighted by atomic mass is 10.0. The molecule has 1 aliphatic heterocycles. The number of carbonyl (C=O) groups is 2. The first-order valence-electron chi connectivity index (χ1n) is 8.30. The molecule has 1 heterocycles. The Labute approximate surface area is 161 Å². The van der Waals surface area contributed by atoms with E-state index in [1.54, 1.807) is 12.1 Å². The highest BCUT2D eigenvalue weighted by Crippen LogP contribution is 2.25. The molecule has 0 aromatic heterocycles. The maximum atomic E-state index is 12.2. The van der Waals surface area contributed by atoms with E-state index in [0.717, 1.165) is 11.1 Å². The summed E-state index contributed by atoms with van der Waals surface area (Å²) in [5.41, 5.74) is 2.28. The van der Waals surface area contributed by atoms with Gasteiger partial charge in [-0.1, -0.05) is 48.0 Å². The number of carbonyl (C=O) groups excluding carboxylic acids is 2. The third kappa shape index (κ3) is 4.78. The van der Waals surface area contributed by atoms with Gasteiger partial charge in [0.15, 0.2) is 0 Å². The number of nitrogens with one attached hydrogen (secondary N) is 3. The molecular formula is C19H20ClN3O2S. The summed E-state index contributed by atoms with van der Waals surface area (Å²) in [6, 6.07) is 15.2. The number of anilines is 1. The van der Waals surface area contributed by atoms with Gasteiger partial charge >= 0.3 is 0 Å². The second-order valence-electron chi connectivity index (χ2n) is 6.05. The minimum Gasteiger partial charge on any atom is -0.332 e. The predicted molar refractivity (Wildman–Crippen MR) is 106 cm³/mol. The number of thioether (sulfide) groups is 1. The van der Waals surface area contributed by atoms with Crippen LogP contribution in [0.1, 0.15) is 23.6 Å². The number of halogens is 1. The maximum absolute atomic E-state index is 12.2. The zero-order chi connectivity index (χ0) is 18.5. The van der Waals surface area contributed by atoms with E-state index in [1.165, 1.54) is 11.8 Å². The van der Waals surface area contributed by atoms with Gasteiger partial charge in [0.25, 0.3) is 0 Å². The Hall–Kier alpha value is -2.02. The minimum absolute atomic E-state index is 0.0267. The van der Waals surface area contributed by atoms with Gasteiger partial charge in [-0.15, -0.1) is 11.8 Å². The van der Waals surface area contributed by atoms with Crippen LogP contribution in [0.5, 0.6) is 0 Å². The molecule has 0 saturated carbocycles. The summed E-state index contributed by atoms with van der Waals surface area (Å²) in [4.78, 5) is 24.2. The molecule has 2 aromatic rings. The van der Waals surface area contributed by atoms with Crippen molar-refractivity contribution in [2.75, 3.05) is 11.1 Å². The first-order chi connectivity index (χ1) is 12.5. The second-order valence-corrected chi connectivity index (χ2v) is 7.55. The average molecular weight is 390 g/mol. The topological polar surface area (TPSA) is 70.2 Å². The van der Waals surface area contributed by atoms with Crippen LogP contribution in [0, 0.1) is 6.92 Å². The van der Waals surface area contributed by atoms with Gasteiger partial charge < -0.3 is 10.6 Å². The molecule has 26 heavy (non-hydrogen) atoms. The SMILES string of the molecule is Cc1c(Cl)cccc1NC(=O)CSC1NC(=O)CC(c2ccccc2)N1. The van der Waals surface area contributed by atoms with Crippen molar-refractivity contribution in [2.24, 2.45) is 0 Å². The molecule has 2 aromatic carbocycles. The lowest BCUT2D eigenvalue weighted by molar-refractivity contribution is -0.123. The third-order valence-electron chi connectivity index (χ3n) is 4.16. The molecule has 2 atom stereocenters. The number of hydrogen-bond donors (Lipinski definition) is 3. The standard InChI is InChI=1S/C19H20ClN3O2S/c1-12-14(20)8-5-9-15(12)21-18(25)11-26-19-22-16(10-17(24)23-19)13-6-3-2-4-7-13/h2-9,16,19,22H,10-11H2,1H3,(H,21,25)(H,23,24). The summed E-state index contributed by atoms with van der Waals surface area (Å²) in [5, 5.41) is 9.71. The zero-order valence-electron chi connectivity index (χ0n) is 14.3. The van der Waals surface area contributed by atoms with Gasteiger partial charge in [-0.05, 0) is 30.2 Å². The van der Waals surface area contributed by atoms with Crippen molar-refractivity contribution < 1.29 is 9.59 Å². The monoisotopic (exact) mass is 389 g/mol. The Balaban J connectivity index is 1.56. The van der Waals surface area contributed by atoms with Crippen molar-refractivity contribution in [1.82, 2.24) is 10.6 Å². The highest BCUT2D eigenvalue weighted by Gasteiger charge is 2.27. The van der Waals surface area contributed by atoms with Crippen LogP contribution >= 0.6 is 23.4 Å². The molecule has 136 valence electrons. The van der Waals surface area contributed by atoms with Crippen molar-refractivity contribution in [1.29, 1.82) is 0 Å². The molecule has 3 rings (SSSR count). The van der Waals surface area contributed by atoms with Crippen LogP contribution in [0.15, 0.2) is 48.5 Å². The van der Waals surface area contributed by atoms with E-state index in [2.05, 4.69) is 16.0 Å². The first-order valence-corrected chi connectivity index (χ1v) is 9.72. The van der Waals surface area contributed by atoms with E-state index in [-0.39, 0.29) is 29.1 Å². The fourth-order valence-electron chi connectivity index (χ4n) is 2.75. The third-order valence-corrected chi connectivity index (χ3v) is 5.58. The molecule has 1 saturated heterocycles. The highest BCUT2D eigenvalue weighted by atomic mass is 35.5. The Kier molecular flexibility index (Phi) is 6.19. The molecule has 2 unspecified atom stereocenters. The first kappa shape index (κ1) is 18.8.